The topological polar surface area (TPSA) is 19.4 Å². The fraction of sp³-hybridized carbons (Fsp3) is 0.381. The summed E-state index contributed by atoms with van der Waals surface area (Å²) >= 11 is -0.106. The zero-order valence-electron chi connectivity index (χ0n) is 31.1. The van der Waals surface area contributed by atoms with E-state index in [1.54, 1.807) is 0 Å². The van der Waals surface area contributed by atoms with Gasteiger partial charge in [0.25, 0.3) is 0 Å². The van der Waals surface area contributed by atoms with Crippen LogP contribution in [-0.4, -0.2) is 62.2 Å². The minimum atomic E-state index is -0.106. The van der Waals surface area contributed by atoms with Crippen LogP contribution in [0.25, 0.3) is 0 Å². The summed E-state index contributed by atoms with van der Waals surface area (Å²) in [6.07, 6.45) is 0. The second-order valence-corrected chi connectivity index (χ2v) is 15.1. The third-order valence-electron chi connectivity index (χ3n) is 9.32. The van der Waals surface area contributed by atoms with Crippen LogP contribution in [-0.2, 0) is 29.0 Å². The van der Waals surface area contributed by atoms with Gasteiger partial charge in [0.15, 0.2) is 0 Å². The molecule has 4 aromatic carbocycles. The van der Waals surface area contributed by atoms with Gasteiger partial charge in [-0.2, -0.15) is 0 Å². The van der Waals surface area contributed by atoms with Gasteiger partial charge in [-0.3, -0.25) is 0 Å². The van der Waals surface area contributed by atoms with Crippen LogP contribution in [0.1, 0.15) is 49.9 Å². The van der Waals surface area contributed by atoms with Crippen LogP contribution in [0.2, 0.25) is 0 Å². The Morgan fingerprint density at radius 3 is 1.16 bits per heavy atom. The van der Waals surface area contributed by atoms with Crippen LogP contribution in [0, 0.1) is 27.2 Å². The summed E-state index contributed by atoms with van der Waals surface area (Å²) in [5.41, 5.74) is 10.3. The van der Waals surface area contributed by atoms with E-state index >= 15 is 0 Å². The Labute approximate surface area is 325 Å². The Morgan fingerprint density at radius 2 is 0.843 bits per heavy atom. The van der Waals surface area contributed by atoms with Crippen molar-refractivity contribution in [3.05, 3.63) is 133 Å². The maximum absolute atomic E-state index is 4.81. The molecule has 6 nitrogen and oxygen atoms in total. The van der Waals surface area contributed by atoms with Gasteiger partial charge >= 0.3 is 35.0 Å². The molecule has 0 fully saturated rings. The van der Waals surface area contributed by atoms with E-state index in [4.69, 9.17) is 19.1 Å². The molecule has 0 N–H and O–H groups in total. The Hall–Kier alpha value is -2.76. The molecule has 0 saturated heterocycles. The summed E-state index contributed by atoms with van der Waals surface area (Å²) in [6.45, 7) is 30.5. The van der Waals surface area contributed by atoms with Crippen LogP contribution in [0.3, 0.4) is 0 Å². The first kappa shape index (κ1) is 41.0. The molecular formula is C42H54Cl2N6Pd. The molecule has 51 heavy (non-hydrogen) atoms. The average molecular weight is 820 g/mol. The average Bonchev–Trinajstić information content (AvgIpc) is 3.67. The van der Waals surface area contributed by atoms with Crippen LogP contribution >= 0.6 is 19.1 Å². The van der Waals surface area contributed by atoms with Crippen molar-refractivity contribution in [1.82, 2.24) is 9.80 Å². The van der Waals surface area contributed by atoms with Gasteiger partial charge in [0.1, 0.15) is 0 Å². The number of hydrogen-bond donors (Lipinski definition) is 0. The summed E-state index contributed by atoms with van der Waals surface area (Å²) in [7, 11) is 9.63. The van der Waals surface area contributed by atoms with Crippen LogP contribution in [0.4, 0.5) is 22.7 Å². The van der Waals surface area contributed by atoms with Crippen molar-refractivity contribution in [2.24, 2.45) is 0 Å². The normalized spacial score (nSPS) is 13.3. The Bertz CT molecular complexity index is 1480. The fourth-order valence-corrected chi connectivity index (χ4v) is 6.48. The van der Waals surface area contributed by atoms with Crippen LogP contribution in [0.15, 0.2) is 97.1 Å². The van der Waals surface area contributed by atoms with E-state index in [-0.39, 0.29) is 15.9 Å². The van der Waals surface area contributed by atoms with E-state index in [1.807, 2.05) is 0 Å². The molecule has 276 valence electrons. The second-order valence-electron chi connectivity index (χ2n) is 12.7. The molecule has 0 amide bonds. The van der Waals surface area contributed by atoms with Gasteiger partial charge in [-0.1, -0.05) is 112 Å². The second kappa shape index (κ2) is 21.7. The molecule has 0 unspecified atom stereocenters. The molecule has 0 spiro atoms. The van der Waals surface area contributed by atoms with E-state index < -0.39 is 0 Å². The zero-order valence-corrected chi connectivity index (χ0v) is 34.1. The third-order valence-corrected chi connectivity index (χ3v) is 9.32. The summed E-state index contributed by atoms with van der Waals surface area (Å²) < 4.78 is 0. The monoisotopic (exact) mass is 818 g/mol. The van der Waals surface area contributed by atoms with E-state index in [2.05, 4.69) is 181 Å². The third kappa shape index (κ3) is 12.1. The van der Waals surface area contributed by atoms with E-state index in [0.29, 0.717) is 0 Å². The number of rotatable bonds is 14. The van der Waals surface area contributed by atoms with Gasteiger partial charge in [-0.15, -0.1) is 0 Å². The van der Waals surface area contributed by atoms with Gasteiger partial charge in [0.05, 0.1) is 22.7 Å². The first-order valence-electron chi connectivity index (χ1n) is 18.0. The first-order chi connectivity index (χ1) is 24.8. The van der Waals surface area contributed by atoms with Crippen molar-refractivity contribution in [2.45, 2.75) is 54.6 Å². The molecule has 6 rings (SSSR count). The van der Waals surface area contributed by atoms with Crippen molar-refractivity contribution in [2.75, 3.05) is 72.0 Å². The minimum absolute atomic E-state index is 0.106. The van der Waals surface area contributed by atoms with E-state index in [0.717, 1.165) is 65.4 Å². The number of halogens is 2. The summed E-state index contributed by atoms with van der Waals surface area (Å²) in [5.74, 6) is 0. The van der Waals surface area contributed by atoms with Crippen molar-refractivity contribution in [1.29, 1.82) is 0 Å². The van der Waals surface area contributed by atoms with Crippen molar-refractivity contribution >= 4 is 41.8 Å². The van der Waals surface area contributed by atoms with Gasteiger partial charge in [-0.05, 0) is 75.4 Å². The maximum atomic E-state index is 4.81. The Morgan fingerprint density at radius 1 is 0.510 bits per heavy atom. The van der Waals surface area contributed by atoms with Crippen LogP contribution < -0.4 is 19.6 Å². The number of anilines is 4. The molecule has 0 atom stereocenters. The van der Waals surface area contributed by atoms with Crippen molar-refractivity contribution in [3.8, 4) is 0 Å². The molecule has 2 heterocycles. The number of benzene rings is 4. The number of aryl methyl sites for hydroxylation is 2. The fourth-order valence-electron chi connectivity index (χ4n) is 6.48. The number of para-hydroxylation sites is 4. The number of likely N-dealkylation sites (N-methyl/N-ethyl adjacent to an activating group) is 2. The molecule has 0 aromatic heterocycles. The number of nitrogens with zero attached hydrogens (tertiary/aromatic N) is 6. The first-order valence-corrected chi connectivity index (χ1v) is 22.0. The standard InChI is InChI=1S/2C21H27N3.2ClH.Pd/c2*1-4-22(5-2)13-14-23-17-24(21-12-7-6-11-20(21)23)16-19-10-8-9-18(3)15-19;;;/h2*6-12,15H,4-5,13-14,16H2,1-3H3;2*1H;/q;;;;+2/p-2. The Kier molecular flexibility index (Phi) is 17.4. The quantitative estimate of drug-likeness (QED) is 0.117. The van der Waals surface area contributed by atoms with Crippen LogP contribution in [0.5, 0.6) is 0 Å². The summed E-state index contributed by atoms with van der Waals surface area (Å²) in [6, 6.07) is 34.6. The predicted molar refractivity (Wildman–Crippen MR) is 216 cm³/mol. The summed E-state index contributed by atoms with van der Waals surface area (Å²) in [4.78, 5) is 13.9. The molecule has 0 bridgehead atoms. The SMILES string of the molecule is CCN(CC)CCN1[C]N(Cc2cccc(C)c2)c2ccccc21.CCN(CC)CCN1[C]N(Cc2cccc(C)c2)c2ccccc21.[Cl][Pd][Cl]. The van der Waals surface area contributed by atoms with E-state index in [9.17, 15) is 0 Å². The van der Waals surface area contributed by atoms with Crippen molar-refractivity contribution < 1.29 is 15.9 Å². The molecule has 4 radical (unpaired) electrons. The zero-order chi connectivity index (χ0) is 36.6. The molecule has 0 saturated carbocycles. The predicted octanol–water partition coefficient (Wildman–Crippen LogP) is 9.70. The number of hydrogen-bond acceptors (Lipinski definition) is 6. The van der Waals surface area contributed by atoms with Gasteiger partial charge in [0.2, 0.25) is 13.3 Å². The molecule has 9 heteroatoms. The molecule has 0 aliphatic carbocycles. The molecule has 2 aliphatic rings. The van der Waals surface area contributed by atoms with Gasteiger partial charge < -0.3 is 29.4 Å². The molecule has 2 aliphatic heterocycles. The van der Waals surface area contributed by atoms with Gasteiger partial charge in [0, 0.05) is 39.3 Å². The van der Waals surface area contributed by atoms with Gasteiger partial charge in [-0.25, -0.2) is 0 Å². The molecular weight excluding hydrogens is 766 g/mol. The number of fused-ring (bicyclic) bond motifs is 2. The molecule has 4 aromatic rings. The summed E-state index contributed by atoms with van der Waals surface area (Å²) in [5, 5.41) is 0. The van der Waals surface area contributed by atoms with E-state index in [1.165, 1.54) is 45.0 Å². The van der Waals surface area contributed by atoms with Crippen molar-refractivity contribution in [3.63, 3.8) is 0 Å². The Balaban J connectivity index is 0.000000212.